The Bertz CT molecular complexity index is 1120. The van der Waals surface area contributed by atoms with Crippen molar-refractivity contribution in [2.45, 2.75) is 24.8 Å². The number of ether oxygens (including phenoxy) is 1. The minimum absolute atomic E-state index is 0.0464. The molecule has 0 spiro atoms. The third kappa shape index (κ3) is 4.32. The number of halogens is 2. The van der Waals surface area contributed by atoms with Crippen LogP contribution in [-0.4, -0.2) is 29.8 Å². The lowest BCUT2D eigenvalue weighted by molar-refractivity contribution is -0.139. The summed E-state index contributed by atoms with van der Waals surface area (Å²) in [5.74, 6) is -3.45. The van der Waals surface area contributed by atoms with E-state index in [9.17, 15) is 23.5 Å². The standard InChI is InChI=1S/C25H21F2NO4/c26-21-11-5-6-15(23(21)27)12-13-22(24(29)30)28-25(31)32-14-20-18-9-3-1-7-16(18)17-8-2-4-10-19(17)20/h1-11,20,22H,12-14H2,(H,28,31)(H,29,30). The Hall–Kier alpha value is -3.74. The van der Waals surface area contributed by atoms with Gasteiger partial charge in [0.25, 0.3) is 0 Å². The number of fused-ring (bicyclic) bond motifs is 3. The Balaban J connectivity index is 1.39. The molecule has 0 aliphatic heterocycles. The molecule has 1 amide bonds. The number of carbonyl (C=O) groups is 2. The van der Waals surface area contributed by atoms with Gasteiger partial charge in [-0.3, -0.25) is 0 Å². The molecule has 0 radical (unpaired) electrons. The summed E-state index contributed by atoms with van der Waals surface area (Å²) in [6.07, 6.45) is -1.04. The fourth-order valence-corrected chi connectivity index (χ4v) is 4.08. The van der Waals surface area contributed by atoms with E-state index in [4.69, 9.17) is 4.74 Å². The lowest BCUT2D eigenvalue weighted by Gasteiger charge is -2.17. The van der Waals surface area contributed by atoms with Crippen LogP contribution in [-0.2, 0) is 16.0 Å². The van der Waals surface area contributed by atoms with E-state index < -0.39 is 29.7 Å². The molecule has 1 aliphatic carbocycles. The van der Waals surface area contributed by atoms with Crippen LogP contribution in [0.3, 0.4) is 0 Å². The molecule has 5 nitrogen and oxygen atoms in total. The number of amides is 1. The smallest absolute Gasteiger partial charge is 0.407 e. The van der Waals surface area contributed by atoms with Crippen LogP contribution >= 0.6 is 0 Å². The van der Waals surface area contributed by atoms with Crippen molar-refractivity contribution in [1.82, 2.24) is 5.32 Å². The minimum Gasteiger partial charge on any atom is -0.480 e. The van der Waals surface area contributed by atoms with Crippen LogP contribution in [0.5, 0.6) is 0 Å². The van der Waals surface area contributed by atoms with E-state index in [1.807, 2.05) is 48.5 Å². The van der Waals surface area contributed by atoms with E-state index in [-0.39, 0.29) is 30.9 Å². The molecule has 0 saturated carbocycles. The van der Waals surface area contributed by atoms with Crippen molar-refractivity contribution in [1.29, 1.82) is 0 Å². The maximum Gasteiger partial charge on any atom is 0.407 e. The Morgan fingerprint density at radius 3 is 2.19 bits per heavy atom. The SMILES string of the molecule is O=C(NC(CCc1cccc(F)c1F)C(=O)O)OCC1c2ccccc2-c2ccccc21. The molecule has 0 bridgehead atoms. The van der Waals surface area contributed by atoms with Gasteiger partial charge in [0, 0.05) is 5.92 Å². The Kier molecular flexibility index (Phi) is 6.16. The van der Waals surface area contributed by atoms with Gasteiger partial charge in [0.1, 0.15) is 12.6 Å². The number of benzene rings is 3. The number of carbonyl (C=O) groups excluding carboxylic acids is 1. The zero-order chi connectivity index (χ0) is 22.7. The van der Waals surface area contributed by atoms with Crippen LogP contribution < -0.4 is 5.32 Å². The largest absolute Gasteiger partial charge is 0.480 e. The summed E-state index contributed by atoms with van der Waals surface area (Å²) in [4.78, 5) is 23.9. The van der Waals surface area contributed by atoms with Crippen molar-refractivity contribution in [2.75, 3.05) is 6.61 Å². The topological polar surface area (TPSA) is 75.6 Å². The lowest BCUT2D eigenvalue weighted by Crippen LogP contribution is -2.41. The second-order valence-corrected chi connectivity index (χ2v) is 7.61. The number of aryl methyl sites for hydroxylation is 1. The first-order chi connectivity index (χ1) is 15.5. The molecular weight excluding hydrogens is 416 g/mol. The van der Waals surface area contributed by atoms with Crippen molar-refractivity contribution >= 4 is 12.1 Å². The summed E-state index contributed by atoms with van der Waals surface area (Å²) in [7, 11) is 0. The van der Waals surface area contributed by atoms with Crippen LogP contribution in [0.2, 0.25) is 0 Å². The van der Waals surface area contributed by atoms with Crippen LogP contribution in [0.4, 0.5) is 13.6 Å². The van der Waals surface area contributed by atoms with Crippen LogP contribution in [0.1, 0.15) is 29.0 Å². The third-order valence-electron chi connectivity index (χ3n) is 5.67. The number of rotatable bonds is 7. The summed E-state index contributed by atoms with van der Waals surface area (Å²) in [5.41, 5.74) is 4.29. The Morgan fingerprint density at radius 1 is 0.938 bits per heavy atom. The summed E-state index contributed by atoms with van der Waals surface area (Å²) in [5, 5.41) is 11.7. The number of hydrogen-bond acceptors (Lipinski definition) is 3. The number of carboxylic acids is 1. The molecule has 3 aromatic rings. The van der Waals surface area contributed by atoms with E-state index in [0.717, 1.165) is 28.3 Å². The maximum atomic E-state index is 13.8. The van der Waals surface area contributed by atoms with E-state index >= 15 is 0 Å². The molecule has 7 heteroatoms. The molecule has 2 N–H and O–H groups in total. The van der Waals surface area contributed by atoms with Crippen LogP contribution in [0, 0.1) is 11.6 Å². The van der Waals surface area contributed by atoms with Gasteiger partial charge in [-0.25, -0.2) is 18.4 Å². The third-order valence-corrected chi connectivity index (χ3v) is 5.67. The first-order valence-electron chi connectivity index (χ1n) is 10.2. The molecule has 0 aromatic heterocycles. The molecule has 1 aliphatic rings. The average molecular weight is 437 g/mol. The zero-order valence-electron chi connectivity index (χ0n) is 17.1. The second kappa shape index (κ2) is 9.18. The molecular formula is C25H21F2NO4. The van der Waals surface area contributed by atoms with Gasteiger partial charge in [-0.15, -0.1) is 0 Å². The predicted molar refractivity (Wildman–Crippen MR) is 114 cm³/mol. The normalized spacial score (nSPS) is 13.2. The summed E-state index contributed by atoms with van der Waals surface area (Å²) in [6.45, 7) is 0.0464. The predicted octanol–water partition coefficient (Wildman–Crippen LogP) is 4.89. The highest BCUT2D eigenvalue weighted by Crippen LogP contribution is 2.44. The molecule has 0 saturated heterocycles. The quantitative estimate of drug-likeness (QED) is 0.552. The molecule has 3 aromatic carbocycles. The first kappa shape index (κ1) is 21.5. The Morgan fingerprint density at radius 2 is 1.56 bits per heavy atom. The first-order valence-corrected chi connectivity index (χ1v) is 10.2. The highest BCUT2D eigenvalue weighted by atomic mass is 19.2. The lowest BCUT2D eigenvalue weighted by atomic mass is 9.98. The van der Waals surface area contributed by atoms with E-state index in [0.29, 0.717) is 0 Å². The molecule has 1 unspecified atom stereocenters. The van der Waals surface area contributed by atoms with Gasteiger partial charge in [-0.05, 0) is 46.7 Å². The van der Waals surface area contributed by atoms with Crippen molar-refractivity contribution in [3.8, 4) is 11.1 Å². The molecule has 164 valence electrons. The number of nitrogens with one attached hydrogen (secondary N) is 1. The van der Waals surface area contributed by atoms with Gasteiger partial charge >= 0.3 is 12.1 Å². The van der Waals surface area contributed by atoms with E-state index in [1.165, 1.54) is 12.1 Å². The number of hydrogen-bond donors (Lipinski definition) is 2. The molecule has 0 heterocycles. The van der Waals surface area contributed by atoms with Gasteiger partial charge in [0.2, 0.25) is 0 Å². The molecule has 1 atom stereocenters. The number of alkyl carbamates (subject to hydrolysis) is 1. The summed E-state index contributed by atoms with van der Waals surface area (Å²) < 4.78 is 32.5. The summed E-state index contributed by atoms with van der Waals surface area (Å²) >= 11 is 0. The van der Waals surface area contributed by atoms with Gasteiger partial charge in [-0.1, -0.05) is 60.7 Å². The number of aliphatic carboxylic acids is 1. The zero-order valence-corrected chi connectivity index (χ0v) is 17.1. The van der Waals surface area contributed by atoms with Gasteiger partial charge in [0.05, 0.1) is 0 Å². The van der Waals surface area contributed by atoms with E-state index in [1.54, 1.807) is 0 Å². The van der Waals surface area contributed by atoms with Gasteiger partial charge in [-0.2, -0.15) is 0 Å². The molecule has 32 heavy (non-hydrogen) atoms. The average Bonchev–Trinajstić information content (AvgIpc) is 3.11. The Labute approximate surface area is 183 Å². The van der Waals surface area contributed by atoms with Crippen LogP contribution in [0.15, 0.2) is 66.7 Å². The molecule has 4 rings (SSSR count). The monoisotopic (exact) mass is 437 g/mol. The van der Waals surface area contributed by atoms with Crippen molar-refractivity contribution in [3.05, 3.63) is 95.1 Å². The number of carboxylic acid groups (broad SMARTS) is 1. The van der Waals surface area contributed by atoms with E-state index in [2.05, 4.69) is 5.32 Å². The van der Waals surface area contributed by atoms with Crippen molar-refractivity contribution in [2.24, 2.45) is 0 Å². The highest BCUT2D eigenvalue weighted by molar-refractivity contribution is 5.81. The fraction of sp³-hybridized carbons (Fsp3) is 0.200. The summed E-state index contributed by atoms with van der Waals surface area (Å²) in [6, 6.07) is 18.1. The highest BCUT2D eigenvalue weighted by Gasteiger charge is 2.29. The van der Waals surface area contributed by atoms with Crippen molar-refractivity contribution in [3.63, 3.8) is 0 Å². The molecule has 0 fully saturated rings. The maximum absolute atomic E-state index is 13.8. The fourth-order valence-electron chi connectivity index (χ4n) is 4.08. The van der Waals surface area contributed by atoms with Gasteiger partial charge in [0.15, 0.2) is 11.6 Å². The van der Waals surface area contributed by atoms with Gasteiger partial charge < -0.3 is 15.2 Å². The van der Waals surface area contributed by atoms with Crippen LogP contribution in [0.25, 0.3) is 11.1 Å². The minimum atomic E-state index is -1.30. The van der Waals surface area contributed by atoms with Crippen molar-refractivity contribution < 1.29 is 28.2 Å². The second-order valence-electron chi connectivity index (χ2n) is 7.61.